The van der Waals surface area contributed by atoms with Crippen LogP contribution in [0.4, 0.5) is 0 Å². The van der Waals surface area contributed by atoms with Gasteiger partial charge in [-0.2, -0.15) is 0 Å². The Labute approximate surface area is 124 Å². The van der Waals surface area contributed by atoms with Gasteiger partial charge in [0, 0.05) is 5.56 Å². The molecule has 0 saturated carbocycles. The quantitative estimate of drug-likeness (QED) is 0.863. The molecule has 0 atom stereocenters. The van der Waals surface area contributed by atoms with Crippen molar-refractivity contribution >= 4 is 15.8 Å². The summed E-state index contributed by atoms with van der Waals surface area (Å²) in [7, 11) is -3.68. The zero-order valence-corrected chi connectivity index (χ0v) is 12.8. The third-order valence-corrected chi connectivity index (χ3v) is 4.40. The van der Waals surface area contributed by atoms with Gasteiger partial charge >= 0.3 is 0 Å². The molecule has 0 heterocycles. The number of Topliss-reactive ketones (excluding diaryl/α,β-unsaturated/α-hetero) is 1. The largest absolute Gasteiger partial charge is 0.293 e. The minimum Gasteiger partial charge on any atom is -0.293 e. The maximum atomic E-state index is 12.2. The Morgan fingerprint density at radius 2 is 1.57 bits per heavy atom. The van der Waals surface area contributed by atoms with E-state index in [1.807, 2.05) is 19.9 Å². The average Bonchev–Trinajstić information content (AvgIpc) is 2.45. The zero-order chi connectivity index (χ0) is 15.5. The Hall–Kier alpha value is -1.98. The number of aryl methyl sites for hydroxylation is 2. The molecule has 2 rings (SSSR count). The summed E-state index contributed by atoms with van der Waals surface area (Å²) in [5.41, 5.74) is 2.22. The molecule has 0 bridgehead atoms. The summed E-state index contributed by atoms with van der Waals surface area (Å²) >= 11 is 0. The van der Waals surface area contributed by atoms with Crippen LogP contribution >= 0.6 is 0 Å². The van der Waals surface area contributed by atoms with E-state index in [0.29, 0.717) is 5.56 Å². The van der Waals surface area contributed by atoms with Gasteiger partial charge in [-0.1, -0.05) is 36.4 Å². The summed E-state index contributed by atoms with van der Waals surface area (Å²) in [5, 5.41) is 0. The third-order valence-electron chi connectivity index (χ3n) is 3.02. The first-order valence-electron chi connectivity index (χ1n) is 6.55. The molecule has 21 heavy (non-hydrogen) atoms. The normalized spacial score (nSPS) is 11.3. The van der Waals surface area contributed by atoms with Gasteiger partial charge in [-0.05, 0) is 37.1 Å². The number of nitrogens with one attached hydrogen (secondary N) is 1. The molecule has 0 fully saturated rings. The molecule has 0 aromatic heterocycles. The van der Waals surface area contributed by atoms with E-state index in [2.05, 4.69) is 4.72 Å². The minimum absolute atomic E-state index is 0.181. The predicted octanol–water partition coefficient (Wildman–Crippen LogP) is 2.46. The molecule has 0 saturated heterocycles. The van der Waals surface area contributed by atoms with Crippen molar-refractivity contribution in [3.8, 4) is 0 Å². The van der Waals surface area contributed by atoms with Crippen LogP contribution in [0.3, 0.4) is 0 Å². The van der Waals surface area contributed by atoms with E-state index in [-0.39, 0.29) is 17.2 Å². The van der Waals surface area contributed by atoms with Crippen LogP contribution in [-0.4, -0.2) is 20.7 Å². The summed E-state index contributed by atoms with van der Waals surface area (Å²) in [6.45, 7) is 3.42. The second kappa shape index (κ2) is 6.20. The van der Waals surface area contributed by atoms with Gasteiger partial charge < -0.3 is 0 Å². The number of ketones is 1. The van der Waals surface area contributed by atoms with Gasteiger partial charge in [0.15, 0.2) is 5.78 Å². The van der Waals surface area contributed by atoms with E-state index in [9.17, 15) is 13.2 Å². The van der Waals surface area contributed by atoms with Crippen LogP contribution in [0.5, 0.6) is 0 Å². The van der Waals surface area contributed by atoms with Crippen molar-refractivity contribution in [3.05, 3.63) is 65.2 Å². The highest BCUT2D eigenvalue weighted by Crippen LogP contribution is 2.14. The molecule has 4 nitrogen and oxygen atoms in total. The Morgan fingerprint density at radius 1 is 1.00 bits per heavy atom. The highest BCUT2D eigenvalue weighted by atomic mass is 32.2. The van der Waals surface area contributed by atoms with Gasteiger partial charge in [0.05, 0.1) is 11.4 Å². The second-order valence-electron chi connectivity index (χ2n) is 4.94. The molecule has 0 amide bonds. The maximum absolute atomic E-state index is 12.2. The molecule has 1 N–H and O–H groups in total. The molecule has 110 valence electrons. The molecule has 0 spiro atoms. The Balaban J connectivity index is 2.13. The standard InChI is InChI=1S/C16H17NO3S/c1-12-8-13(2)10-15(9-12)21(19,20)17-11-16(18)14-6-4-3-5-7-14/h3-10,17H,11H2,1-2H3. The van der Waals surface area contributed by atoms with Gasteiger partial charge in [0.1, 0.15) is 0 Å². The first kappa shape index (κ1) is 15.4. The monoisotopic (exact) mass is 303 g/mol. The fourth-order valence-corrected chi connectivity index (χ4v) is 3.23. The van der Waals surface area contributed by atoms with Crippen LogP contribution < -0.4 is 4.72 Å². The number of carbonyl (C=O) groups excluding carboxylic acids is 1. The maximum Gasteiger partial charge on any atom is 0.240 e. The van der Waals surface area contributed by atoms with Crippen LogP contribution in [0.15, 0.2) is 53.4 Å². The number of benzene rings is 2. The Kier molecular flexibility index (Phi) is 4.55. The van der Waals surface area contributed by atoms with E-state index < -0.39 is 10.0 Å². The molecule has 2 aromatic carbocycles. The van der Waals surface area contributed by atoms with Gasteiger partial charge in [-0.25, -0.2) is 13.1 Å². The molecule has 5 heteroatoms. The van der Waals surface area contributed by atoms with Crippen LogP contribution in [-0.2, 0) is 10.0 Å². The van der Waals surface area contributed by atoms with E-state index in [4.69, 9.17) is 0 Å². The van der Waals surface area contributed by atoms with Gasteiger partial charge in [0.2, 0.25) is 10.0 Å². The Morgan fingerprint density at radius 3 is 2.14 bits per heavy atom. The SMILES string of the molecule is Cc1cc(C)cc(S(=O)(=O)NCC(=O)c2ccccc2)c1. The number of rotatable bonds is 5. The first-order valence-corrected chi connectivity index (χ1v) is 8.03. The predicted molar refractivity (Wildman–Crippen MR) is 81.9 cm³/mol. The molecule has 0 radical (unpaired) electrons. The van der Waals surface area contributed by atoms with Crippen molar-refractivity contribution < 1.29 is 13.2 Å². The lowest BCUT2D eigenvalue weighted by Gasteiger charge is -2.08. The van der Waals surface area contributed by atoms with Crippen molar-refractivity contribution in [1.29, 1.82) is 0 Å². The van der Waals surface area contributed by atoms with E-state index in [1.54, 1.807) is 42.5 Å². The van der Waals surface area contributed by atoms with E-state index in [0.717, 1.165) is 11.1 Å². The lowest BCUT2D eigenvalue weighted by atomic mass is 10.1. The topological polar surface area (TPSA) is 63.2 Å². The zero-order valence-electron chi connectivity index (χ0n) is 12.0. The van der Waals surface area contributed by atoms with Crippen molar-refractivity contribution in [2.45, 2.75) is 18.7 Å². The summed E-state index contributed by atoms with van der Waals surface area (Å²) in [5.74, 6) is -0.261. The molecule has 0 aliphatic rings. The van der Waals surface area contributed by atoms with Crippen LogP contribution in [0.2, 0.25) is 0 Å². The van der Waals surface area contributed by atoms with Crippen LogP contribution in [0, 0.1) is 13.8 Å². The van der Waals surface area contributed by atoms with Gasteiger partial charge in [-0.15, -0.1) is 0 Å². The smallest absolute Gasteiger partial charge is 0.240 e. The number of hydrogen-bond donors (Lipinski definition) is 1. The molecule has 0 aliphatic heterocycles. The van der Waals surface area contributed by atoms with Crippen LogP contribution in [0.25, 0.3) is 0 Å². The molecular weight excluding hydrogens is 286 g/mol. The van der Waals surface area contributed by atoms with Gasteiger partial charge in [0.25, 0.3) is 0 Å². The second-order valence-corrected chi connectivity index (χ2v) is 6.70. The fraction of sp³-hybridized carbons (Fsp3) is 0.188. The highest BCUT2D eigenvalue weighted by Gasteiger charge is 2.16. The van der Waals surface area contributed by atoms with Crippen molar-refractivity contribution in [2.75, 3.05) is 6.54 Å². The average molecular weight is 303 g/mol. The number of hydrogen-bond acceptors (Lipinski definition) is 3. The first-order chi connectivity index (χ1) is 9.88. The highest BCUT2D eigenvalue weighted by molar-refractivity contribution is 7.89. The van der Waals surface area contributed by atoms with Crippen molar-refractivity contribution in [1.82, 2.24) is 4.72 Å². The fourth-order valence-electron chi connectivity index (χ4n) is 2.06. The number of carbonyl (C=O) groups is 1. The Bertz CT molecular complexity index is 732. The molecule has 2 aromatic rings. The molecule has 0 aliphatic carbocycles. The van der Waals surface area contributed by atoms with Crippen molar-refractivity contribution in [2.24, 2.45) is 0 Å². The summed E-state index contributed by atoms with van der Waals surface area (Å²) in [6.07, 6.45) is 0. The van der Waals surface area contributed by atoms with Crippen molar-refractivity contribution in [3.63, 3.8) is 0 Å². The summed E-state index contributed by atoms with van der Waals surface area (Å²) in [4.78, 5) is 12.1. The third kappa shape index (κ3) is 4.00. The molecular formula is C16H17NO3S. The van der Waals surface area contributed by atoms with E-state index in [1.165, 1.54) is 0 Å². The lowest BCUT2D eigenvalue weighted by Crippen LogP contribution is -2.29. The molecule has 0 unspecified atom stereocenters. The number of sulfonamides is 1. The van der Waals surface area contributed by atoms with E-state index >= 15 is 0 Å². The summed E-state index contributed by atoms with van der Waals surface area (Å²) < 4.78 is 26.8. The van der Waals surface area contributed by atoms with Crippen LogP contribution in [0.1, 0.15) is 21.5 Å². The summed E-state index contributed by atoms with van der Waals surface area (Å²) in [6, 6.07) is 13.7. The van der Waals surface area contributed by atoms with Gasteiger partial charge in [-0.3, -0.25) is 4.79 Å². The lowest BCUT2D eigenvalue weighted by molar-refractivity contribution is 0.0997. The minimum atomic E-state index is -3.68.